The molecule has 14 N–H and O–H groups in total. The Morgan fingerprint density at radius 1 is 0.957 bits per heavy atom. The summed E-state index contributed by atoms with van der Waals surface area (Å²) in [6.07, 6.45) is 2.41. The molecule has 0 fully saturated rings. The van der Waals surface area contributed by atoms with Crippen LogP contribution in [0.2, 0.25) is 0 Å². The van der Waals surface area contributed by atoms with Gasteiger partial charge in [-0.2, -0.15) is 13.1 Å². The molecule has 4 bridgehead atoms. The van der Waals surface area contributed by atoms with Crippen molar-refractivity contribution in [3.8, 4) is 39.8 Å². The lowest BCUT2D eigenvalue weighted by molar-refractivity contribution is -0.143. The molecule has 22 nitrogen and oxygen atoms in total. The van der Waals surface area contributed by atoms with Gasteiger partial charge in [-0.3, -0.25) is 19.2 Å². The maximum atomic E-state index is 14.9. The van der Waals surface area contributed by atoms with E-state index in [1.54, 1.807) is 18.2 Å². The number of aryl methyl sites for hydroxylation is 2. The number of nitrogens with zero attached hydrogens (tertiary/aromatic N) is 3. The third-order valence-electron chi connectivity index (χ3n) is 12.3. The van der Waals surface area contributed by atoms with E-state index >= 15 is 0 Å². The number of nitrogens with two attached hydrogens (primary N) is 4. The Morgan fingerprint density at radius 2 is 1.64 bits per heavy atom. The number of carboxylic acid groups (broad SMARTS) is 1. The van der Waals surface area contributed by atoms with Gasteiger partial charge in [0.2, 0.25) is 17.7 Å². The highest BCUT2D eigenvalue weighted by Gasteiger charge is 2.38. The van der Waals surface area contributed by atoms with Crippen molar-refractivity contribution < 1.29 is 52.1 Å². The highest BCUT2D eigenvalue weighted by molar-refractivity contribution is 7.87. The van der Waals surface area contributed by atoms with Gasteiger partial charge in [-0.25, -0.2) is 19.9 Å². The second kappa shape index (κ2) is 21.8. The summed E-state index contributed by atoms with van der Waals surface area (Å²) in [4.78, 5) is 79.7. The first-order chi connectivity index (χ1) is 33.0. The summed E-state index contributed by atoms with van der Waals surface area (Å²) in [5.74, 6) is -5.62. The van der Waals surface area contributed by atoms with Crippen molar-refractivity contribution in [3.63, 3.8) is 0 Å². The molecule has 23 heteroatoms. The number of carbonyl (C=O) groups excluding carboxylic acids is 4. The van der Waals surface area contributed by atoms with Gasteiger partial charge in [0, 0.05) is 36.7 Å². The van der Waals surface area contributed by atoms with Crippen molar-refractivity contribution >= 4 is 45.6 Å². The van der Waals surface area contributed by atoms with Crippen molar-refractivity contribution in [2.45, 2.75) is 89.4 Å². The maximum absolute atomic E-state index is 14.9. The van der Waals surface area contributed by atoms with Gasteiger partial charge in [-0.1, -0.05) is 32.0 Å². The monoisotopic (exact) mass is 987 g/mol. The van der Waals surface area contributed by atoms with Crippen LogP contribution in [0, 0.1) is 6.92 Å². The minimum absolute atomic E-state index is 0.000956. The zero-order chi connectivity index (χ0) is 51.2. The van der Waals surface area contributed by atoms with E-state index in [4.69, 9.17) is 31.8 Å². The quantitative estimate of drug-likeness (QED) is 0.0654. The number of nitrogens with one attached hydrogen (secondary N) is 4. The largest absolute Gasteiger partial charge is 0.504 e. The average Bonchev–Trinajstić information content (AvgIpc) is 3.60. The predicted octanol–water partition coefficient (Wildman–Crippen LogP) is 0.807. The summed E-state index contributed by atoms with van der Waals surface area (Å²) in [7, 11) is -3.31. The van der Waals surface area contributed by atoms with Gasteiger partial charge in [0.05, 0.1) is 18.9 Å². The zero-order valence-corrected chi connectivity index (χ0v) is 40.4. The predicted molar refractivity (Wildman–Crippen MR) is 259 cm³/mol. The number of aromatic nitrogens is 2. The number of amides is 4. The number of aromatic hydroxyl groups is 1. The molecule has 4 atom stereocenters. The van der Waals surface area contributed by atoms with E-state index in [0.29, 0.717) is 30.5 Å². The van der Waals surface area contributed by atoms with Gasteiger partial charge >= 0.3 is 5.97 Å². The van der Waals surface area contributed by atoms with E-state index < -0.39 is 76.3 Å². The Kier molecular flexibility index (Phi) is 16.3. The van der Waals surface area contributed by atoms with Gasteiger partial charge < -0.3 is 57.7 Å². The standard InChI is InChI=1S/C47H61N11O11S/c1-24-37(40(50)57-41(53-24)28-9-10-32-27(20-28)12-13-47(32,3)4)43(61)56-34(23-52-70(51,66)67)45(63)58(5)38-29-21-31(39(59)36(22-29)69-17-7-15-49)30-18-26(8-11-35(30)68-16-6-14-48)19-33(46(64)65)55-42(60)25(2)54-44(38)62/h8-11,18,20-22,25,33-34,38,52,59H,6-7,12-17,19,23,48-49H2,1-5H3,(H,54,62)(H,55,60)(H,56,61)(H,64,65)(H2,50,53,57)(H2,51,66,67)/t25-,33-,34-,38-/m0/s1. The van der Waals surface area contributed by atoms with E-state index in [-0.39, 0.29) is 82.7 Å². The molecule has 3 aromatic carbocycles. The molecule has 6 rings (SSSR count). The fraction of sp³-hybridized carbons (Fsp3) is 0.426. The number of phenolic OH excluding ortho intramolecular Hbond substituents is 1. The number of likely N-dealkylation sites (N-methyl/N-ethyl adjacent to an activating group) is 1. The first-order valence-corrected chi connectivity index (χ1v) is 24.2. The Bertz CT molecular complexity index is 2770. The molecule has 376 valence electrons. The number of hydrogen-bond acceptors (Lipinski definition) is 15. The number of phenols is 1. The smallest absolute Gasteiger partial charge is 0.326 e. The van der Waals surface area contributed by atoms with Gasteiger partial charge in [0.1, 0.15) is 41.3 Å². The van der Waals surface area contributed by atoms with Gasteiger partial charge in [-0.05, 0) is 111 Å². The molecule has 1 aliphatic heterocycles. The van der Waals surface area contributed by atoms with Crippen molar-refractivity contribution in [1.82, 2.24) is 35.5 Å². The fourth-order valence-electron chi connectivity index (χ4n) is 8.50. The molecule has 70 heavy (non-hydrogen) atoms. The summed E-state index contributed by atoms with van der Waals surface area (Å²) in [6, 6.07) is 6.88. The van der Waals surface area contributed by atoms with Crippen LogP contribution < -0.4 is 52.5 Å². The van der Waals surface area contributed by atoms with Crippen LogP contribution in [-0.2, 0) is 47.6 Å². The van der Waals surface area contributed by atoms with Crippen LogP contribution >= 0.6 is 0 Å². The van der Waals surface area contributed by atoms with Crippen molar-refractivity contribution in [2.75, 3.05) is 45.6 Å². The van der Waals surface area contributed by atoms with Crippen LogP contribution in [-0.4, -0.2) is 121 Å². The second-order valence-electron chi connectivity index (χ2n) is 18.0. The summed E-state index contributed by atoms with van der Waals surface area (Å²) in [6.45, 7) is 7.00. The molecular weight excluding hydrogens is 927 g/mol. The normalized spacial score (nSPS) is 18.1. The number of nitrogen functional groups attached to an aromatic ring is 1. The zero-order valence-electron chi connectivity index (χ0n) is 39.6. The fourth-order valence-corrected chi connectivity index (χ4v) is 8.90. The summed E-state index contributed by atoms with van der Waals surface area (Å²) in [5, 5.41) is 34.9. The van der Waals surface area contributed by atoms with Gasteiger partial charge in [0.15, 0.2) is 17.3 Å². The number of rotatable bonds is 17. The van der Waals surface area contributed by atoms with Gasteiger partial charge in [-0.15, -0.1) is 0 Å². The van der Waals surface area contributed by atoms with Crippen LogP contribution in [0.15, 0.2) is 48.5 Å². The Morgan fingerprint density at radius 3 is 2.29 bits per heavy atom. The maximum Gasteiger partial charge on any atom is 0.326 e. The highest BCUT2D eigenvalue weighted by Crippen LogP contribution is 2.45. The highest BCUT2D eigenvalue weighted by atomic mass is 32.2. The molecule has 0 radical (unpaired) electrons. The number of ether oxygens (including phenoxy) is 2. The van der Waals surface area contributed by atoms with Crippen LogP contribution in [0.4, 0.5) is 5.82 Å². The third kappa shape index (κ3) is 12.1. The molecular formula is C47H61N11O11S. The molecule has 0 saturated heterocycles. The molecule has 4 amide bonds. The Hall–Kier alpha value is -6.92. The van der Waals surface area contributed by atoms with Crippen molar-refractivity contribution in [1.29, 1.82) is 0 Å². The number of carboxylic acids is 1. The van der Waals surface area contributed by atoms with E-state index in [2.05, 4.69) is 39.8 Å². The van der Waals surface area contributed by atoms with Crippen LogP contribution in [0.25, 0.3) is 22.5 Å². The van der Waals surface area contributed by atoms with E-state index in [1.807, 2.05) is 22.9 Å². The van der Waals surface area contributed by atoms with E-state index in [9.17, 15) is 42.6 Å². The number of fused-ring (bicyclic) bond motifs is 6. The minimum Gasteiger partial charge on any atom is -0.504 e. The number of carbonyl (C=O) groups is 5. The SMILES string of the molecule is Cc1nc(-c2ccc3c(c2)CCC3(C)C)nc(N)c1C(=O)N[C@@H](CNS(N)(=O)=O)C(=O)N(C)[C@@H]1C(=O)N[C@@H](C)C(=O)N[C@H](C(=O)O)Cc2ccc(OCCCN)c(c2)-c2cc1cc(OCCCN)c2O. The van der Waals surface area contributed by atoms with Crippen molar-refractivity contribution in [2.24, 2.45) is 16.6 Å². The lowest BCUT2D eigenvalue weighted by Crippen LogP contribution is -2.57. The first-order valence-electron chi connectivity index (χ1n) is 22.7. The Labute approximate surface area is 405 Å². The Balaban J connectivity index is 1.45. The molecule has 0 spiro atoms. The summed E-state index contributed by atoms with van der Waals surface area (Å²) < 4.78 is 38.7. The lowest BCUT2D eigenvalue weighted by atomic mass is 9.86. The molecule has 1 aromatic heterocycles. The first kappa shape index (κ1) is 52.5. The summed E-state index contributed by atoms with van der Waals surface area (Å²) in [5.41, 5.74) is 21.5. The van der Waals surface area contributed by atoms with E-state index in [1.165, 1.54) is 38.6 Å². The summed E-state index contributed by atoms with van der Waals surface area (Å²) >= 11 is 0. The number of benzene rings is 3. The third-order valence-corrected chi connectivity index (χ3v) is 12.9. The molecule has 2 aliphatic rings. The molecule has 0 unspecified atom stereocenters. The van der Waals surface area contributed by atoms with Crippen LogP contribution in [0.1, 0.15) is 84.4 Å². The molecule has 4 aromatic rings. The topological polar surface area (TPSA) is 360 Å². The second-order valence-corrected chi connectivity index (χ2v) is 19.4. The van der Waals surface area contributed by atoms with Crippen molar-refractivity contribution in [3.05, 3.63) is 82.0 Å². The minimum atomic E-state index is -4.50. The number of aliphatic carboxylic acids is 1. The molecule has 1 aliphatic carbocycles. The number of hydrogen-bond donors (Lipinski definition) is 10. The molecule has 0 saturated carbocycles. The average molecular weight is 988 g/mol. The lowest BCUT2D eigenvalue weighted by Gasteiger charge is -2.33. The van der Waals surface area contributed by atoms with Gasteiger partial charge in [0.25, 0.3) is 16.1 Å². The molecule has 2 heterocycles. The van der Waals surface area contributed by atoms with Crippen LogP contribution in [0.5, 0.6) is 17.2 Å². The number of anilines is 1. The van der Waals surface area contributed by atoms with E-state index in [0.717, 1.165) is 23.3 Å². The van der Waals surface area contributed by atoms with Crippen LogP contribution in [0.3, 0.4) is 0 Å².